The molecule has 0 spiro atoms. The van der Waals surface area contributed by atoms with Crippen LogP contribution < -0.4 is 10.1 Å². The van der Waals surface area contributed by atoms with E-state index in [0.29, 0.717) is 6.61 Å². The minimum Gasteiger partial charge on any atom is -0.491 e. The molecule has 0 bridgehead atoms. The molecule has 72 valence electrons. The molecule has 0 aliphatic carbocycles. The number of hydrogen-bond donors (Lipinski definition) is 2. The number of aromatic amines is 1. The van der Waals surface area contributed by atoms with Gasteiger partial charge in [0.1, 0.15) is 12.4 Å². The Morgan fingerprint density at radius 2 is 2.29 bits per heavy atom. The fourth-order valence-electron chi connectivity index (χ4n) is 1.80. The molecule has 2 N–H and O–H groups in total. The number of halogens is 1. The van der Waals surface area contributed by atoms with E-state index in [2.05, 4.69) is 32.3 Å². The monoisotopic (exact) mass is 252 g/mol. The van der Waals surface area contributed by atoms with E-state index in [1.807, 2.05) is 12.3 Å². The lowest BCUT2D eigenvalue weighted by molar-refractivity contribution is 0.339. The molecule has 0 radical (unpaired) electrons. The number of nitrogens with one attached hydrogen (secondary N) is 2. The molecule has 0 atom stereocenters. The van der Waals surface area contributed by atoms with E-state index in [1.54, 1.807) is 0 Å². The third-order valence-corrected chi connectivity index (χ3v) is 2.84. The fourth-order valence-corrected chi connectivity index (χ4v) is 2.23. The Balaban J connectivity index is 2.39. The highest BCUT2D eigenvalue weighted by Gasteiger charge is 2.13. The largest absolute Gasteiger partial charge is 0.491 e. The summed E-state index contributed by atoms with van der Waals surface area (Å²) in [5.74, 6) is 0.940. The van der Waals surface area contributed by atoms with Gasteiger partial charge in [-0.25, -0.2) is 0 Å². The van der Waals surface area contributed by atoms with Crippen LogP contribution in [0.15, 0.2) is 22.8 Å². The average Bonchev–Trinajstić information content (AvgIpc) is 2.43. The molecule has 4 heteroatoms. The molecular weight excluding hydrogens is 244 g/mol. The number of anilines is 1. The van der Waals surface area contributed by atoms with Crippen LogP contribution in [0, 0.1) is 0 Å². The van der Waals surface area contributed by atoms with Gasteiger partial charge in [0, 0.05) is 17.2 Å². The molecule has 1 aromatic carbocycles. The molecule has 1 aliphatic rings. The SMILES string of the molecule is Brc1cc2c3c(c[nH]c3c1)NCCO2. The van der Waals surface area contributed by atoms with Crippen LogP contribution in [0.5, 0.6) is 5.75 Å². The summed E-state index contributed by atoms with van der Waals surface area (Å²) in [6, 6.07) is 4.06. The number of aromatic nitrogens is 1. The molecule has 0 unspecified atom stereocenters. The highest BCUT2D eigenvalue weighted by Crippen LogP contribution is 2.36. The molecule has 3 nitrogen and oxygen atoms in total. The summed E-state index contributed by atoms with van der Waals surface area (Å²) < 4.78 is 6.68. The maximum atomic E-state index is 5.65. The first-order valence-electron chi connectivity index (χ1n) is 4.52. The van der Waals surface area contributed by atoms with Crippen molar-refractivity contribution in [3.05, 3.63) is 22.8 Å². The normalized spacial score (nSPS) is 14.6. The molecule has 0 saturated carbocycles. The minimum absolute atomic E-state index is 0.709. The van der Waals surface area contributed by atoms with E-state index in [9.17, 15) is 0 Å². The lowest BCUT2D eigenvalue weighted by Gasteiger charge is -2.04. The van der Waals surface area contributed by atoms with Gasteiger partial charge < -0.3 is 15.0 Å². The van der Waals surface area contributed by atoms with E-state index in [-0.39, 0.29) is 0 Å². The predicted molar refractivity (Wildman–Crippen MR) is 60.0 cm³/mol. The number of hydrogen-bond acceptors (Lipinski definition) is 2. The number of benzene rings is 1. The van der Waals surface area contributed by atoms with Crippen LogP contribution in [-0.2, 0) is 0 Å². The van der Waals surface area contributed by atoms with Crippen molar-refractivity contribution in [1.82, 2.24) is 4.98 Å². The van der Waals surface area contributed by atoms with Crippen molar-refractivity contribution in [3.8, 4) is 5.75 Å². The summed E-state index contributed by atoms with van der Waals surface area (Å²) in [6.07, 6.45) is 1.98. The lowest BCUT2D eigenvalue weighted by Crippen LogP contribution is -2.07. The molecule has 0 amide bonds. The molecule has 1 aliphatic heterocycles. The molecule has 1 aromatic heterocycles. The second-order valence-corrected chi connectivity index (χ2v) is 4.22. The third-order valence-electron chi connectivity index (χ3n) is 2.38. The quantitative estimate of drug-likeness (QED) is 0.757. The molecule has 3 rings (SSSR count). The van der Waals surface area contributed by atoms with Crippen LogP contribution in [0.2, 0.25) is 0 Å². The maximum Gasteiger partial charge on any atom is 0.131 e. The Kier molecular flexibility index (Phi) is 1.70. The smallest absolute Gasteiger partial charge is 0.131 e. The maximum absolute atomic E-state index is 5.65. The van der Waals surface area contributed by atoms with Crippen molar-refractivity contribution >= 4 is 32.5 Å². The number of H-pyrrole nitrogens is 1. The molecule has 0 fully saturated rings. The van der Waals surface area contributed by atoms with E-state index < -0.39 is 0 Å². The average molecular weight is 253 g/mol. The van der Waals surface area contributed by atoms with Gasteiger partial charge >= 0.3 is 0 Å². The van der Waals surface area contributed by atoms with Gasteiger partial charge in [-0.2, -0.15) is 0 Å². The van der Waals surface area contributed by atoms with Crippen molar-refractivity contribution < 1.29 is 4.74 Å². The highest BCUT2D eigenvalue weighted by molar-refractivity contribution is 9.10. The van der Waals surface area contributed by atoms with Gasteiger partial charge in [-0.3, -0.25) is 0 Å². The topological polar surface area (TPSA) is 37.0 Å². The van der Waals surface area contributed by atoms with Gasteiger partial charge in [-0.1, -0.05) is 15.9 Å². The van der Waals surface area contributed by atoms with Crippen LogP contribution in [0.4, 0.5) is 5.69 Å². The number of ether oxygens (including phenoxy) is 1. The molecular formula is C10H9BrN2O. The zero-order valence-corrected chi connectivity index (χ0v) is 9.02. The van der Waals surface area contributed by atoms with Gasteiger partial charge in [0.05, 0.1) is 16.6 Å². The summed E-state index contributed by atoms with van der Waals surface area (Å²) in [7, 11) is 0. The zero-order valence-electron chi connectivity index (χ0n) is 7.43. The van der Waals surface area contributed by atoms with Crippen LogP contribution in [-0.4, -0.2) is 18.1 Å². The van der Waals surface area contributed by atoms with E-state index in [0.717, 1.165) is 33.4 Å². The standard InChI is InChI=1S/C10H9BrN2O/c11-6-3-7-10-8(5-13-7)12-1-2-14-9(10)4-6/h3-5,12-13H,1-2H2. The second kappa shape index (κ2) is 2.92. The Morgan fingerprint density at radius 3 is 3.21 bits per heavy atom. The Bertz CT molecular complexity index is 492. The summed E-state index contributed by atoms with van der Waals surface area (Å²) in [4.78, 5) is 3.22. The van der Waals surface area contributed by atoms with Crippen molar-refractivity contribution in [2.24, 2.45) is 0 Å². The second-order valence-electron chi connectivity index (χ2n) is 3.30. The Labute approximate surface area is 89.6 Å². The summed E-state index contributed by atoms with van der Waals surface area (Å²) in [6.45, 7) is 1.56. The Hall–Kier alpha value is -1.16. The Morgan fingerprint density at radius 1 is 1.36 bits per heavy atom. The fraction of sp³-hybridized carbons (Fsp3) is 0.200. The van der Waals surface area contributed by atoms with Crippen molar-refractivity contribution in [2.45, 2.75) is 0 Å². The first kappa shape index (κ1) is 8.17. The minimum atomic E-state index is 0.709. The lowest BCUT2D eigenvalue weighted by atomic mass is 10.2. The molecule has 0 saturated heterocycles. The first-order valence-corrected chi connectivity index (χ1v) is 5.31. The van der Waals surface area contributed by atoms with Gasteiger partial charge in [-0.15, -0.1) is 0 Å². The van der Waals surface area contributed by atoms with Crippen molar-refractivity contribution in [3.63, 3.8) is 0 Å². The van der Waals surface area contributed by atoms with Crippen molar-refractivity contribution in [2.75, 3.05) is 18.5 Å². The van der Waals surface area contributed by atoms with Crippen molar-refractivity contribution in [1.29, 1.82) is 0 Å². The van der Waals surface area contributed by atoms with E-state index in [1.165, 1.54) is 0 Å². The first-order chi connectivity index (χ1) is 6.84. The molecule has 14 heavy (non-hydrogen) atoms. The third kappa shape index (κ3) is 1.10. The molecule has 2 heterocycles. The van der Waals surface area contributed by atoms with Crippen LogP contribution >= 0.6 is 15.9 Å². The zero-order chi connectivity index (χ0) is 9.54. The van der Waals surface area contributed by atoms with Gasteiger partial charge in [0.2, 0.25) is 0 Å². The van der Waals surface area contributed by atoms with Gasteiger partial charge in [0.25, 0.3) is 0 Å². The predicted octanol–water partition coefficient (Wildman–Crippen LogP) is 2.73. The van der Waals surface area contributed by atoms with Crippen LogP contribution in [0.25, 0.3) is 10.9 Å². The van der Waals surface area contributed by atoms with Gasteiger partial charge in [0.15, 0.2) is 0 Å². The van der Waals surface area contributed by atoms with Crippen LogP contribution in [0.1, 0.15) is 0 Å². The van der Waals surface area contributed by atoms with E-state index in [4.69, 9.17) is 4.74 Å². The summed E-state index contributed by atoms with van der Waals surface area (Å²) in [5.41, 5.74) is 2.22. The van der Waals surface area contributed by atoms with E-state index >= 15 is 0 Å². The number of rotatable bonds is 0. The highest BCUT2D eigenvalue weighted by atomic mass is 79.9. The summed E-state index contributed by atoms with van der Waals surface area (Å²) >= 11 is 3.46. The van der Waals surface area contributed by atoms with Crippen LogP contribution in [0.3, 0.4) is 0 Å². The van der Waals surface area contributed by atoms with Gasteiger partial charge in [-0.05, 0) is 12.1 Å². The molecule has 2 aromatic rings. The summed E-state index contributed by atoms with van der Waals surface area (Å²) in [5, 5.41) is 4.46.